The van der Waals surface area contributed by atoms with Crippen LogP contribution in [0.2, 0.25) is 0 Å². The molecule has 11 nitrogen and oxygen atoms in total. The summed E-state index contributed by atoms with van der Waals surface area (Å²) in [6, 6.07) is 1.66. The van der Waals surface area contributed by atoms with Crippen LogP contribution in [0.4, 0.5) is 18.3 Å². The Morgan fingerprint density at radius 1 is 1.40 bits per heavy atom. The van der Waals surface area contributed by atoms with Gasteiger partial charge in [0, 0.05) is 23.6 Å². The van der Waals surface area contributed by atoms with Crippen molar-refractivity contribution in [1.82, 2.24) is 25.0 Å². The minimum atomic E-state index is -4.78. The van der Waals surface area contributed by atoms with Crippen LogP contribution >= 0.6 is 23.1 Å². The fraction of sp³-hybridized carbons (Fsp3) is 0.421. The highest BCUT2D eigenvalue weighted by molar-refractivity contribution is 7.99. The van der Waals surface area contributed by atoms with Crippen molar-refractivity contribution in [1.29, 1.82) is 5.26 Å². The zero-order chi connectivity index (χ0) is 25.3. The maximum atomic E-state index is 13.1. The predicted molar refractivity (Wildman–Crippen MR) is 117 cm³/mol. The number of nitrogens with two attached hydrogens (primary N) is 1. The summed E-state index contributed by atoms with van der Waals surface area (Å²) in [5.41, 5.74) is 3.69. The van der Waals surface area contributed by atoms with Crippen LogP contribution in [0.3, 0.4) is 0 Å². The molecule has 4 rings (SSSR count). The number of alkyl halides is 3. The fourth-order valence-electron chi connectivity index (χ4n) is 3.61. The lowest BCUT2D eigenvalue weighted by Gasteiger charge is -2.43. The third-order valence-corrected chi connectivity index (χ3v) is 6.98. The summed E-state index contributed by atoms with van der Waals surface area (Å²) in [7, 11) is 1.37. The van der Waals surface area contributed by atoms with E-state index in [1.54, 1.807) is 5.38 Å². The molecule has 1 aliphatic rings. The van der Waals surface area contributed by atoms with E-state index in [1.165, 1.54) is 35.4 Å². The molecule has 0 aliphatic carbocycles. The van der Waals surface area contributed by atoms with Gasteiger partial charge >= 0.3 is 6.18 Å². The average molecular weight is 530 g/mol. The second-order valence-electron chi connectivity index (χ2n) is 7.36. The van der Waals surface area contributed by atoms with Crippen LogP contribution in [0.15, 0.2) is 28.7 Å². The molecular weight excluding hydrogens is 511 g/mol. The number of nitrogens with zero attached hydrogens (tertiary/aromatic N) is 6. The molecule has 0 unspecified atom stereocenters. The molecule has 1 saturated heterocycles. The summed E-state index contributed by atoms with van der Waals surface area (Å²) >= 11 is 2.15. The van der Waals surface area contributed by atoms with Crippen molar-refractivity contribution in [3.8, 4) is 17.5 Å². The van der Waals surface area contributed by atoms with E-state index >= 15 is 0 Å². The zero-order valence-electron chi connectivity index (χ0n) is 17.8. The first-order chi connectivity index (χ1) is 16.7. The molecule has 186 valence electrons. The summed E-state index contributed by atoms with van der Waals surface area (Å²) < 4.78 is 52.0. The van der Waals surface area contributed by atoms with Crippen molar-refractivity contribution in [2.45, 2.75) is 40.9 Å². The number of nitrogen functional groups attached to an aromatic ring is 1. The van der Waals surface area contributed by atoms with Crippen LogP contribution in [0.1, 0.15) is 17.3 Å². The Morgan fingerprint density at radius 2 is 2.17 bits per heavy atom. The van der Waals surface area contributed by atoms with Gasteiger partial charge in [0.2, 0.25) is 0 Å². The number of thiazole rings is 1. The maximum absolute atomic E-state index is 13.1. The second-order valence-corrected chi connectivity index (χ2v) is 9.42. The molecule has 1 aliphatic heterocycles. The molecule has 4 N–H and O–H groups in total. The Kier molecular flexibility index (Phi) is 7.26. The van der Waals surface area contributed by atoms with Crippen molar-refractivity contribution < 1.29 is 32.9 Å². The molecule has 35 heavy (non-hydrogen) atoms. The molecule has 0 radical (unpaired) electrons. The van der Waals surface area contributed by atoms with Crippen LogP contribution < -0.4 is 5.73 Å². The van der Waals surface area contributed by atoms with Crippen molar-refractivity contribution in [3.05, 3.63) is 35.1 Å². The quantitative estimate of drug-likeness (QED) is 0.425. The Hall–Kier alpha value is -2.81. The maximum Gasteiger partial charge on any atom is 0.434 e. The molecule has 16 heteroatoms. The first kappa shape index (κ1) is 25.3. The van der Waals surface area contributed by atoms with E-state index in [1.807, 2.05) is 0 Å². The number of methoxy groups -OCH3 is 1. The number of aliphatic hydroxyl groups excluding tert-OH is 2. The number of pyridine rings is 1. The Bertz CT molecular complexity index is 1230. The first-order valence-electron chi connectivity index (χ1n) is 9.90. The van der Waals surface area contributed by atoms with Gasteiger partial charge in [0.25, 0.3) is 0 Å². The van der Waals surface area contributed by atoms with Gasteiger partial charge in [-0.1, -0.05) is 17.0 Å². The van der Waals surface area contributed by atoms with Gasteiger partial charge in [-0.25, -0.2) is 14.6 Å². The number of nitriles is 1. The van der Waals surface area contributed by atoms with Gasteiger partial charge in [-0.3, -0.25) is 0 Å². The number of rotatable bonds is 6. The van der Waals surface area contributed by atoms with Gasteiger partial charge < -0.3 is 25.4 Å². The molecule has 0 amide bonds. The predicted octanol–water partition coefficient (Wildman–Crippen LogP) is 1.70. The highest BCUT2D eigenvalue weighted by Gasteiger charge is 2.47. The lowest BCUT2D eigenvalue weighted by atomic mass is 9.97. The van der Waals surface area contributed by atoms with Crippen molar-refractivity contribution in [3.63, 3.8) is 0 Å². The molecule has 0 spiro atoms. The van der Waals surface area contributed by atoms with Gasteiger partial charge in [-0.05, 0) is 6.07 Å². The van der Waals surface area contributed by atoms with E-state index in [4.69, 9.17) is 20.5 Å². The lowest BCUT2D eigenvalue weighted by molar-refractivity contribution is -0.186. The molecule has 1 fully saturated rings. The molecule has 3 aromatic heterocycles. The third-order valence-electron chi connectivity index (χ3n) is 5.20. The van der Waals surface area contributed by atoms with E-state index in [2.05, 4.69) is 20.3 Å². The number of anilines is 1. The molecule has 5 atom stereocenters. The molecular formula is C19H18F3N7O4S2. The summed E-state index contributed by atoms with van der Waals surface area (Å²) in [5, 5.41) is 40.0. The standard InChI is InChI=1S/C19H18F3N7O4S2/c1-32-15-13(29-5-10(27-28-29)11-7-34-18(24)26-11)14(31)12(6-30)33-17(15)35-9-2-8(3-23)16(25-4-9)19(20,21)22/h2,4-5,7,12-15,17,30-31H,6H2,1H3,(H2,24,26)/t12-,13+,14+,15-,17-/m1/s1. The topological polar surface area (TPSA) is 165 Å². The first-order valence-corrected chi connectivity index (χ1v) is 11.7. The van der Waals surface area contributed by atoms with Crippen molar-refractivity contribution in [2.75, 3.05) is 19.5 Å². The van der Waals surface area contributed by atoms with Crippen LogP contribution in [0.25, 0.3) is 11.4 Å². The van der Waals surface area contributed by atoms with Gasteiger partial charge in [0.1, 0.15) is 47.2 Å². The summed E-state index contributed by atoms with van der Waals surface area (Å²) in [4.78, 5) is 7.74. The molecule has 3 aromatic rings. The van der Waals surface area contributed by atoms with Crippen LogP contribution in [0, 0.1) is 11.3 Å². The number of hydrogen-bond acceptors (Lipinski definition) is 12. The number of halogens is 3. The monoisotopic (exact) mass is 529 g/mol. The van der Waals surface area contributed by atoms with E-state index in [0.29, 0.717) is 16.5 Å². The van der Waals surface area contributed by atoms with Crippen molar-refractivity contribution in [2.24, 2.45) is 0 Å². The van der Waals surface area contributed by atoms with E-state index in [0.717, 1.165) is 24.0 Å². The smallest absolute Gasteiger partial charge is 0.394 e. The van der Waals surface area contributed by atoms with Gasteiger partial charge in [-0.15, -0.1) is 16.4 Å². The Morgan fingerprint density at radius 3 is 2.77 bits per heavy atom. The number of aromatic nitrogens is 5. The molecule has 0 bridgehead atoms. The molecule has 0 aromatic carbocycles. The highest BCUT2D eigenvalue weighted by atomic mass is 32.2. The third kappa shape index (κ3) is 5.10. The van der Waals surface area contributed by atoms with Crippen LogP contribution in [-0.2, 0) is 15.7 Å². The fourth-order valence-corrected chi connectivity index (χ4v) is 5.34. The minimum absolute atomic E-state index is 0.200. The largest absolute Gasteiger partial charge is 0.434 e. The van der Waals surface area contributed by atoms with E-state index in [-0.39, 0.29) is 4.90 Å². The SMILES string of the molecule is CO[C@@H]1[C@@H](n2cc(-c3csc(N)n3)nn2)[C@@H](O)[C@@H](CO)O[C@@H]1Sc1cnc(C(F)(F)F)c(C#N)c1. The highest BCUT2D eigenvalue weighted by Crippen LogP contribution is 2.40. The van der Waals surface area contributed by atoms with E-state index < -0.39 is 53.8 Å². The minimum Gasteiger partial charge on any atom is -0.394 e. The zero-order valence-corrected chi connectivity index (χ0v) is 19.5. The number of ether oxygens (including phenoxy) is 2. The van der Waals surface area contributed by atoms with E-state index in [9.17, 15) is 23.4 Å². The molecule has 4 heterocycles. The molecule has 0 saturated carbocycles. The number of hydrogen-bond donors (Lipinski definition) is 3. The summed E-state index contributed by atoms with van der Waals surface area (Å²) in [6.45, 7) is -0.552. The second kappa shape index (κ2) is 10.0. The normalized spacial score (nSPS) is 24.9. The van der Waals surface area contributed by atoms with Gasteiger partial charge in [0.15, 0.2) is 10.8 Å². The van der Waals surface area contributed by atoms with Gasteiger partial charge in [0.05, 0.1) is 18.4 Å². The van der Waals surface area contributed by atoms with Gasteiger partial charge in [-0.2, -0.15) is 18.4 Å². The number of aliphatic hydroxyl groups is 2. The Labute approximate surface area is 204 Å². The van der Waals surface area contributed by atoms with Crippen molar-refractivity contribution >= 4 is 28.2 Å². The summed E-state index contributed by atoms with van der Waals surface area (Å²) in [6.07, 6.45) is -5.50. The average Bonchev–Trinajstić information content (AvgIpc) is 3.48. The Balaban J connectivity index is 1.65. The van der Waals surface area contributed by atoms with Crippen LogP contribution in [0.5, 0.6) is 0 Å². The van der Waals surface area contributed by atoms with Crippen LogP contribution in [-0.4, -0.2) is 72.6 Å². The summed E-state index contributed by atoms with van der Waals surface area (Å²) in [5.74, 6) is 0. The number of thioether (sulfide) groups is 1. The lowest BCUT2D eigenvalue weighted by Crippen LogP contribution is -2.55.